The minimum absolute atomic E-state index is 0.00608. The molecular formula is C16H18Cl2N2. The fraction of sp³-hybridized carbons (Fsp3) is 0.250. The Morgan fingerprint density at radius 1 is 1.15 bits per heavy atom. The zero-order valence-corrected chi connectivity index (χ0v) is 13.1. The predicted molar refractivity (Wildman–Crippen MR) is 86.1 cm³/mol. The molecule has 106 valence electrons. The van der Waals surface area contributed by atoms with E-state index < -0.39 is 0 Å². The van der Waals surface area contributed by atoms with Gasteiger partial charge in [0.2, 0.25) is 0 Å². The van der Waals surface area contributed by atoms with Gasteiger partial charge in [-0.05, 0) is 43.0 Å². The maximum Gasteiger partial charge on any atom is 0.0624 e. The minimum Gasteiger partial charge on any atom is -0.271 e. The molecule has 0 bridgehead atoms. The fourth-order valence-corrected chi connectivity index (χ4v) is 2.80. The van der Waals surface area contributed by atoms with Crippen LogP contribution in [-0.2, 0) is 6.42 Å². The van der Waals surface area contributed by atoms with E-state index >= 15 is 0 Å². The largest absolute Gasteiger partial charge is 0.271 e. The summed E-state index contributed by atoms with van der Waals surface area (Å²) in [5.41, 5.74) is 7.49. The van der Waals surface area contributed by atoms with Crippen LogP contribution in [0.1, 0.15) is 28.3 Å². The van der Waals surface area contributed by atoms with Gasteiger partial charge >= 0.3 is 0 Å². The van der Waals surface area contributed by atoms with Gasteiger partial charge in [0.25, 0.3) is 0 Å². The Bertz CT molecular complexity index is 611. The van der Waals surface area contributed by atoms with E-state index in [0.29, 0.717) is 16.5 Å². The monoisotopic (exact) mass is 308 g/mol. The summed E-state index contributed by atoms with van der Waals surface area (Å²) in [5, 5.41) is 1.17. The topological polar surface area (TPSA) is 38.0 Å². The molecular weight excluding hydrogens is 291 g/mol. The number of hydrogen-bond donors (Lipinski definition) is 2. The molecule has 0 saturated carbocycles. The minimum atomic E-state index is 0.00608. The molecule has 0 amide bonds. The molecule has 3 N–H and O–H groups in total. The van der Waals surface area contributed by atoms with Crippen molar-refractivity contribution in [2.24, 2.45) is 5.84 Å². The lowest BCUT2D eigenvalue weighted by molar-refractivity contribution is 0.549. The Kier molecular flexibility index (Phi) is 5.06. The third kappa shape index (κ3) is 3.33. The van der Waals surface area contributed by atoms with Crippen molar-refractivity contribution in [2.45, 2.75) is 26.3 Å². The molecule has 0 spiro atoms. The predicted octanol–water partition coefficient (Wildman–Crippen LogP) is 4.36. The van der Waals surface area contributed by atoms with Crippen LogP contribution >= 0.6 is 23.2 Å². The highest BCUT2D eigenvalue weighted by atomic mass is 35.5. The van der Waals surface area contributed by atoms with Crippen molar-refractivity contribution in [2.75, 3.05) is 0 Å². The number of hydrogen-bond acceptors (Lipinski definition) is 2. The van der Waals surface area contributed by atoms with E-state index in [0.717, 1.165) is 5.56 Å². The maximum atomic E-state index is 6.25. The number of nitrogens with two attached hydrogens (primary N) is 1. The highest BCUT2D eigenvalue weighted by Crippen LogP contribution is 2.30. The Morgan fingerprint density at radius 3 is 2.55 bits per heavy atom. The van der Waals surface area contributed by atoms with Crippen molar-refractivity contribution >= 4 is 23.2 Å². The van der Waals surface area contributed by atoms with Crippen molar-refractivity contribution in [1.29, 1.82) is 0 Å². The molecule has 0 aliphatic rings. The first-order valence-corrected chi connectivity index (χ1v) is 7.24. The van der Waals surface area contributed by atoms with Crippen molar-refractivity contribution < 1.29 is 0 Å². The SMILES string of the molecule is Cc1ccc(C(Cc2cccc(Cl)c2Cl)NN)c(C)c1. The second kappa shape index (κ2) is 6.59. The fourth-order valence-electron chi connectivity index (χ4n) is 2.40. The van der Waals surface area contributed by atoms with Crippen molar-refractivity contribution in [3.63, 3.8) is 0 Å². The van der Waals surface area contributed by atoms with Crippen LogP contribution in [0.4, 0.5) is 0 Å². The average molecular weight is 309 g/mol. The summed E-state index contributed by atoms with van der Waals surface area (Å²) < 4.78 is 0. The summed E-state index contributed by atoms with van der Waals surface area (Å²) in [6, 6.07) is 12.0. The molecule has 0 aromatic heterocycles. The lowest BCUT2D eigenvalue weighted by Gasteiger charge is -2.20. The van der Waals surface area contributed by atoms with Gasteiger partial charge in [-0.2, -0.15) is 0 Å². The van der Waals surface area contributed by atoms with Gasteiger partial charge in [-0.3, -0.25) is 11.3 Å². The van der Waals surface area contributed by atoms with Gasteiger partial charge in [-0.25, -0.2) is 0 Å². The Labute approximate surface area is 129 Å². The van der Waals surface area contributed by atoms with E-state index in [4.69, 9.17) is 29.0 Å². The molecule has 20 heavy (non-hydrogen) atoms. The molecule has 0 fully saturated rings. The quantitative estimate of drug-likeness (QED) is 0.650. The molecule has 0 aliphatic heterocycles. The molecule has 2 aromatic carbocycles. The van der Waals surface area contributed by atoms with Crippen molar-refractivity contribution in [3.05, 3.63) is 68.7 Å². The number of aryl methyl sites for hydroxylation is 2. The van der Waals surface area contributed by atoms with E-state index in [2.05, 4.69) is 37.5 Å². The molecule has 2 nitrogen and oxygen atoms in total. The Balaban J connectivity index is 2.31. The van der Waals surface area contributed by atoms with Gasteiger partial charge in [0.05, 0.1) is 16.1 Å². The van der Waals surface area contributed by atoms with Gasteiger partial charge in [-0.15, -0.1) is 0 Å². The van der Waals surface area contributed by atoms with E-state index in [1.807, 2.05) is 12.1 Å². The van der Waals surface area contributed by atoms with Crippen LogP contribution in [0, 0.1) is 13.8 Å². The second-order valence-corrected chi connectivity index (χ2v) is 5.78. The average Bonchev–Trinajstić information content (AvgIpc) is 2.41. The van der Waals surface area contributed by atoms with Crippen molar-refractivity contribution in [1.82, 2.24) is 5.43 Å². The van der Waals surface area contributed by atoms with Crippen LogP contribution in [0.15, 0.2) is 36.4 Å². The number of hydrazine groups is 1. The van der Waals surface area contributed by atoms with Crippen LogP contribution in [0.5, 0.6) is 0 Å². The summed E-state index contributed by atoms with van der Waals surface area (Å²) in [6.07, 6.45) is 0.694. The number of nitrogens with one attached hydrogen (secondary N) is 1. The van der Waals surface area contributed by atoms with Crippen molar-refractivity contribution in [3.8, 4) is 0 Å². The molecule has 2 aromatic rings. The third-order valence-corrected chi connectivity index (χ3v) is 4.32. The van der Waals surface area contributed by atoms with Crippen LogP contribution in [-0.4, -0.2) is 0 Å². The summed E-state index contributed by atoms with van der Waals surface area (Å²) in [4.78, 5) is 0. The van der Waals surface area contributed by atoms with E-state index in [-0.39, 0.29) is 6.04 Å². The Hall–Kier alpha value is -1.06. The van der Waals surface area contributed by atoms with Crippen LogP contribution in [0.2, 0.25) is 10.0 Å². The van der Waals surface area contributed by atoms with Gasteiger partial charge in [0, 0.05) is 0 Å². The molecule has 2 rings (SSSR count). The van der Waals surface area contributed by atoms with Gasteiger partial charge in [0.1, 0.15) is 0 Å². The molecule has 4 heteroatoms. The standard InChI is InChI=1S/C16H18Cl2N2/c1-10-6-7-13(11(2)8-10)15(20-19)9-12-4-3-5-14(17)16(12)18/h3-8,15,20H,9,19H2,1-2H3. The van der Waals surface area contributed by atoms with Crippen LogP contribution < -0.4 is 11.3 Å². The first-order chi connectivity index (χ1) is 9.52. The molecule has 0 aliphatic carbocycles. The summed E-state index contributed by atoms with van der Waals surface area (Å²) in [5.74, 6) is 5.72. The van der Waals surface area contributed by atoms with Gasteiger partial charge in [0.15, 0.2) is 0 Å². The molecule has 1 atom stereocenters. The van der Waals surface area contributed by atoms with E-state index in [1.54, 1.807) is 6.07 Å². The Morgan fingerprint density at radius 2 is 1.90 bits per heavy atom. The molecule has 0 heterocycles. The maximum absolute atomic E-state index is 6.25. The third-order valence-electron chi connectivity index (χ3n) is 3.46. The zero-order chi connectivity index (χ0) is 14.7. The summed E-state index contributed by atoms with van der Waals surface area (Å²) in [7, 11) is 0. The lowest BCUT2D eigenvalue weighted by Crippen LogP contribution is -2.30. The van der Waals surface area contributed by atoms with Crippen LogP contribution in [0.25, 0.3) is 0 Å². The number of halogens is 2. The second-order valence-electron chi connectivity index (χ2n) is 5.00. The van der Waals surface area contributed by atoms with E-state index in [1.165, 1.54) is 16.7 Å². The molecule has 0 saturated heterocycles. The molecule has 0 radical (unpaired) electrons. The first-order valence-electron chi connectivity index (χ1n) is 6.49. The number of benzene rings is 2. The van der Waals surface area contributed by atoms with Gasteiger partial charge in [-0.1, -0.05) is 59.1 Å². The smallest absolute Gasteiger partial charge is 0.0624 e. The normalized spacial score (nSPS) is 12.4. The summed E-state index contributed by atoms with van der Waals surface area (Å²) >= 11 is 12.3. The summed E-state index contributed by atoms with van der Waals surface area (Å²) in [6.45, 7) is 4.17. The van der Waals surface area contributed by atoms with E-state index in [9.17, 15) is 0 Å². The highest BCUT2D eigenvalue weighted by molar-refractivity contribution is 6.42. The highest BCUT2D eigenvalue weighted by Gasteiger charge is 2.15. The molecule has 1 unspecified atom stereocenters. The van der Waals surface area contributed by atoms with Crippen LogP contribution in [0.3, 0.4) is 0 Å². The van der Waals surface area contributed by atoms with Gasteiger partial charge < -0.3 is 0 Å². The number of rotatable bonds is 4. The first kappa shape index (κ1) is 15.3. The lowest BCUT2D eigenvalue weighted by atomic mass is 9.94. The zero-order valence-electron chi connectivity index (χ0n) is 11.6.